The molecule has 0 bridgehead atoms. The standard InChI is InChI=1S/C36H40O12/c1-41-26-14-10-24(20-28(26)43-3)13-17-32(38)48-35-30(22-46-31(37)16-12-23-8-6-5-7-9-23)47-36(34(40)33(35)39)45-19-18-25-11-15-27(42-2)29(21-25)44-4/h5-17,20-21,30,33-36,39-40H,18-19,22H2,1-4H3/b16-12-,17-13-/t30-,33-,34-,35-,36-/m1/s1. The van der Waals surface area contributed by atoms with Crippen LogP contribution in [0.15, 0.2) is 78.9 Å². The molecule has 0 saturated carbocycles. The average Bonchev–Trinajstić information content (AvgIpc) is 3.12. The third kappa shape index (κ3) is 9.81. The highest BCUT2D eigenvalue weighted by Crippen LogP contribution is 2.30. The Hall–Kier alpha value is -4.88. The summed E-state index contributed by atoms with van der Waals surface area (Å²) < 4.78 is 43.8. The number of carbonyl (C=O) groups is 2. The third-order valence-corrected chi connectivity index (χ3v) is 7.43. The zero-order valence-electron chi connectivity index (χ0n) is 27.1. The van der Waals surface area contributed by atoms with Gasteiger partial charge in [-0.3, -0.25) is 0 Å². The van der Waals surface area contributed by atoms with E-state index in [4.69, 9.17) is 37.9 Å². The lowest BCUT2D eigenvalue weighted by molar-refractivity contribution is -0.303. The van der Waals surface area contributed by atoms with Gasteiger partial charge in [0.05, 0.1) is 35.0 Å². The third-order valence-electron chi connectivity index (χ3n) is 7.43. The maximum atomic E-state index is 12.9. The number of benzene rings is 3. The number of aliphatic hydroxyl groups excluding tert-OH is 2. The summed E-state index contributed by atoms with van der Waals surface area (Å²) in [4.78, 5) is 25.4. The summed E-state index contributed by atoms with van der Waals surface area (Å²) in [5.41, 5.74) is 2.27. The van der Waals surface area contributed by atoms with Crippen molar-refractivity contribution in [2.75, 3.05) is 41.7 Å². The van der Waals surface area contributed by atoms with E-state index in [0.717, 1.165) is 17.2 Å². The van der Waals surface area contributed by atoms with Crippen molar-refractivity contribution in [2.24, 2.45) is 0 Å². The Morgan fingerprint density at radius 2 is 1.35 bits per heavy atom. The largest absolute Gasteiger partial charge is 0.493 e. The molecule has 1 heterocycles. The number of hydrogen-bond donors (Lipinski definition) is 2. The van der Waals surface area contributed by atoms with Gasteiger partial charge in [0.25, 0.3) is 0 Å². The number of ether oxygens (including phenoxy) is 8. The molecular formula is C36H40O12. The van der Waals surface area contributed by atoms with Crippen LogP contribution in [0.4, 0.5) is 0 Å². The minimum Gasteiger partial charge on any atom is -0.493 e. The van der Waals surface area contributed by atoms with Crippen molar-refractivity contribution in [3.63, 3.8) is 0 Å². The van der Waals surface area contributed by atoms with Gasteiger partial charge >= 0.3 is 11.9 Å². The molecule has 1 aliphatic rings. The molecule has 1 aliphatic heterocycles. The quantitative estimate of drug-likeness (QED) is 0.181. The van der Waals surface area contributed by atoms with Gasteiger partial charge in [-0.2, -0.15) is 0 Å². The molecule has 12 heteroatoms. The van der Waals surface area contributed by atoms with Gasteiger partial charge in [0.1, 0.15) is 24.9 Å². The van der Waals surface area contributed by atoms with Gasteiger partial charge in [0.2, 0.25) is 0 Å². The minimum atomic E-state index is -1.63. The molecule has 1 saturated heterocycles. The molecule has 3 aromatic rings. The number of aliphatic hydroxyl groups is 2. The molecule has 5 atom stereocenters. The predicted molar refractivity (Wildman–Crippen MR) is 175 cm³/mol. The SMILES string of the molecule is COc1ccc(/C=C\C(=O)O[C@H]2[C@H](O)[C@@H](O)[C@H](OCCc3ccc(OC)c(OC)c3)O[C@@H]2COC(=O)/C=C\c2ccccc2)cc1OC. The Morgan fingerprint density at radius 3 is 2.04 bits per heavy atom. The highest BCUT2D eigenvalue weighted by atomic mass is 16.7. The fourth-order valence-electron chi connectivity index (χ4n) is 4.89. The summed E-state index contributed by atoms with van der Waals surface area (Å²) in [6.07, 6.45) is -1.25. The molecule has 0 aliphatic carbocycles. The number of esters is 2. The molecule has 12 nitrogen and oxygen atoms in total. The summed E-state index contributed by atoms with van der Waals surface area (Å²) in [7, 11) is 6.08. The van der Waals surface area contributed by atoms with Crippen LogP contribution in [0.3, 0.4) is 0 Å². The first-order chi connectivity index (χ1) is 23.3. The van der Waals surface area contributed by atoms with Crippen molar-refractivity contribution >= 4 is 24.1 Å². The predicted octanol–water partition coefficient (Wildman–Crippen LogP) is 3.61. The lowest BCUT2D eigenvalue weighted by atomic mass is 9.99. The lowest BCUT2D eigenvalue weighted by Crippen LogP contribution is -2.60. The van der Waals surface area contributed by atoms with Crippen molar-refractivity contribution in [3.05, 3.63) is 95.6 Å². The number of rotatable bonds is 15. The van der Waals surface area contributed by atoms with E-state index in [9.17, 15) is 19.8 Å². The number of hydrogen-bond acceptors (Lipinski definition) is 12. The molecule has 0 spiro atoms. The maximum absolute atomic E-state index is 12.9. The van der Waals surface area contributed by atoms with Crippen LogP contribution in [0.5, 0.6) is 23.0 Å². The van der Waals surface area contributed by atoms with Gasteiger partial charge in [-0.05, 0) is 59.5 Å². The van der Waals surface area contributed by atoms with Crippen molar-refractivity contribution in [2.45, 2.75) is 37.1 Å². The molecule has 4 rings (SSSR count). The van der Waals surface area contributed by atoms with Crippen LogP contribution >= 0.6 is 0 Å². The Balaban J connectivity index is 1.44. The Labute approximate surface area is 279 Å². The number of carbonyl (C=O) groups excluding carboxylic acids is 2. The Bertz CT molecular complexity index is 1550. The smallest absolute Gasteiger partial charge is 0.331 e. The van der Waals surface area contributed by atoms with E-state index in [0.29, 0.717) is 35.0 Å². The molecule has 256 valence electrons. The fourth-order valence-corrected chi connectivity index (χ4v) is 4.89. The second kappa shape index (κ2) is 17.9. The van der Waals surface area contributed by atoms with Crippen LogP contribution in [-0.4, -0.2) is 94.5 Å². The first kappa shape index (κ1) is 36.0. The van der Waals surface area contributed by atoms with Crippen LogP contribution in [0.2, 0.25) is 0 Å². The van der Waals surface area contributed by atoms with Gasteiger partial charge in [0.15, 0.2) is 35.4 Å². The van der Waals surface area contributed by atoms with E-state index in [1.807, 2.05) is 36.4 Å². The first-order valence-corrected chi connectivity index (χ1v) is 15.1. The zero-order chi connectivity index (χ0) is 34.5. The molecular weight excluding hydrogens is 624 g/mol. The number of methoxy groups -OCH3 is 4. The molecule has 0 aromatic heterocycles. The Kier molecular flexibility index (Phi) is 13.4. The average molecular weight is 665 g/mol. The van der Waals surface area contributed by atoms with Crippen LogP contribution in [0.1, 0.15) is 16.7 Å². The Morgan fingerprint density at radius 1 is 0.729 bits per heavy atom. The monoisotopic (exact) mass is 664 g/mol. The highest BCUT2D eigenvalue weighted by molar-refractivity contribution is 5.88. The minimum absolute atomic E-state index is 0.0920. The molecule has 0 radical (unpaired) electrons. The van der Waals surface area contributed by atoms with Crippen LogP contribution in [-0.2, 0) is 35.0 Å². The van der Waals surface area contributed by atoms with Gasteiger partial charge in [-0.1, -0.05) is 42.5 Å². The zero-order valence-corrected chi connectivity index (χ0v) is 27.1. The fraction of sp³-hybridized carbons (Fsp3) is 0.333. The summed E-state index contributed by atoms with van der Waals surface area (Å²) in [5, 5.41) is 22.0. The van der Waals surface area contributed by atoms with Crippen molar-refractivity contribution < 1.29 is 57.7 Å². The molecule has 48 heavy (non-hydrogen) atoms. The molecule has 3 aromatic carbocycles. The van der Waals surface area contributed by atoms with E-state index in [1.54, 1.807) is 43.5 Å². The van der Waals surface area contributed by atoms with Gasteiger partial charge in [-0.25, -0.2) is 9.59 Å². The second-order valence-corrected chi connectivity index (χ2v) is 10.6. The first-order valence-electron chi connectivity index (χ1n) is 15.1. The van der Waals surface area contributed by atoms with E-state index < -0.39 is 49.3 Å². The van der Waals surface area contributed by atoms with E-state index in [2.05, 4.69) is 0 Å². The molecule has 2 N–H and O–H groups in total. The van der Waals surface area contributed by atoms with Crippen molar-refractivity contribution in [1.82, 2.24) is 0 Å². The summed E-state index contributed by atoms with van der Waals surface area (Å²) in [6.45, 7) is -0.316. The lowest BCUT2D eigenvalue weighted by Gasteiger charge is -2.41. The van der Waals surface area contributed by atoms with Gasteiger partial charge in [0, 0.05) is 12.2 Å². The summed E-state index contributed by atoms with van der Waals surface area (Å²) >= 11 is 0. The van der Waals surface area contributed by atoms with E-state index in [-0.39, 0.29) is 6.61 Å². The van der Waals surface area contributed by atoms with Crippen molar-refractivity contribution in [1.29, 1.82) is 0 Å². The van der Waals surface area contributed by atoms with Crippen LogP contribution in [0.25, 0.3) is 12.2 Å². The maximum Gasteiger partial charge on any atom is 0.331 e. The topological polar surface area (TPSA) is 148 Å². The molecule has 0 amide bonds. The van der Waals surface area contributed by atoms with Crippen molar-refractivity contribution in [3.8, 4) is 23.0 Å². The summed E-state index contributed by atoms with van der Waals surface area (Å²) in [6, 6.07) is 19.6. The molecule has 1 fully saturated rings. The van der Waals surface area contributed by atoms with Crippen LogP contribution < -0.4 is 18.9 Å². The van der Waals surface area contributed by atoms with E-state index in [1.165, 1.54) is 33.5 Å². The van der Waals surface area contributed by atoms with Crippen LogP contribution in [0, 0.1) is 0 Å². The van der Waals surface area contributed by atoms with Gasteiger partial charge < -0.3 is 48.1 Å². The molecule has 0 unspecified atom stereocenters. The second-order valence-electron chi connectivity index (χ2n) is 10.6. The normalized spacial score (nSPS) is 20.8. The summed E-state index contributed by atoms with van der Waals surface area (Å²) in [5.74, 6) is 0.585. The van der Waals surface area contributed by atoms with E-state index >= 15 is 0 Å². The van der Waals surface area contributed by atoms with Gasteiger partial charge in [-0.15, -0.1) is 0 Å². The highest BCUT2D eigenvalue weighted by Gasteiger charge is 2.47.